The van der Waals surface area contributed by atoms with E-state index in [2.05, 4.69) is 15.8 Å². The highest BCUT2D eigenvalue weighted by molar-refractivity contribution is 7.99. The Morgan fingerprint density at radius 3 is 3.07 bits per heavy atom. The van der Waals surface area contributed by atoms with Crippen molar-refractivity contribution in [2.75, 3.05) is 13.2 Å². The predicted octanol–water partition coefficient (Wildman–Crippen LogP) is 1.89. The molecule has 0 atom stereocenters. The smallest absolute Gasteiger partial charge is 0.166 e. The maximum Gasteiger partial charge on any atom is 0.166 e. The van der Waals surface area contributed by atoms with Gasteiger partial charge in [-0.3, -0.25) is 4.72 Å². The molecule has 0 saturated carbocycles. The zero-order chi connectivity index (χ0) is 9.80. The third-order valence-corrected chi connectivity index (χ3v) is 3.59. The maximum atomic E-state index is 8.59. The summed E-state index contributed by atoms with van der Waals surface area (Å²) in [5, 5.41) is 8.59. The van der Waals surface area contributed by atoms with E-state index in [9.17, 15) is 0 Å². The van der Waals surface area contributed by atoms with Crippen LogP contribution in [-0.2, 0) is 0 Å². The fourth-order valence-electron chi connectivity index (χ4n) is 1.05. The molecule has 2 aromatic rings. The standard InChI is InChI=1S/C9H10N2OS2/c12-6-5-10-14-9-11-7-3-1-2-4-8(7)13-9/h1-4,10,12H,5-6H2. The molecule has 0 spiro atoms. The Morgan fingerprint density at radius 1 is 1.43 bits per heavy atom. The molecule has 1 heterocycles. The number of fused-ring (bicyclic) bond motifs is 1. The first-order valence-corrected chi connectivity index (χ1v) is 5.89. The summed E-state index contributed by atoms with van der Waals surface area (Å²) in [5.41, 5.74) is 1.03. The first-order chi connectivity index (χ1) is 6.90. The van der Waals surface area contributed by atoms with Gasteiger partial charge in [0.1, 0.15) is 0 Å². The van der Waals surface area contributed by atoms with Gasteiger partial charge >= 0.3 is 0 Å². The van der Waals surface area contributed by atoms with Crippen LogP contribution in [-0.4, -0.2) is 23.2 Å². The van der Waals surface area contributed by atoms with Crippen LogP contribution in [0.2, 0.25) is 0 Å². The Morgan fingerprint density at radius 2 is 2.29 bits per heavy atom. The molecule has 0 radical (unpaired) electrons. The quantitative estimate of drug-likeness (QED) is 0.617. The summed E-state index contributed by atoms with van der Waals surface area (Å²) in [7, 11) is 0. The Balaban J connectivity index is 2.11. The van der Waals surface area contributed by atoms with Gasteiger partial charge in [0.15, 0.2) is 4.34 Å². The Hall–Kier alpha value is -0.620. The first-order valence-electron chi connectivity index (χ1n) is 4.26. The summed E-state index contributed by atoms with van der Waals surface area (Å²) in [6.45, 7) is 0.735. The van der Waals surface area contributed by atoms with Crippen LogP contribution in [0.3, 0.4) is 0 Å². The lowest BCUT2D eigenvalue weighted by Crippen LogP contribution is -2.08. The normalized spacial score (nSPS) is 10.9. The van der Waals surface area contributed by atoms with Crippen molar-refractivity contribution >= 4 is 33.5 Å². The molecule has 0 unspecified atom stereocenters. The van der Waals surface area contributed by atoms with E-state index in [-0.39, 0.29) is 6.61 Å². The molecular weight excluding hydrogens is 216 g/mol. The minimum Gasteiger partial charge on any atom is -0.395 e. The van der Waals surface area contributed by atoms with Gasteiger partial charge in [-0.25, -0.2) is 4.98 Å². The highest BCUT2D eigenvalue weighted by atomic mass is 32.2. The second-order valence-electron chi connectivity index (χ2n) is 2.67. The van der Waals surface area contributed by atoms with Gasteiger partial charge in [-0.1, -0.05) is 12.1 Å². The summed E-state index contributed by atoms with van der Waals surface area (Å²) in [4.78, 5) is 4.42. The number of rotatable bonds is 4. The highest BCUT2D eigenvalue weighted by Gasteiger charge is 2.02. The van der Waals surface area contributed by atoms with Crippen LogP contribution >= 0.6 is 23.3 Å². The Labute approximate surface area is 90.3 Å². The third kappa shape index (κ3) is 2.24. The van der Waals surface area contributed by atoms with Gasteiger partial charge in [0.25, 0.3) is 0 Å². The lowest BCUT2D eigenvalue weighted by molar-refractivity contribution is 0.302. The van der Waals surface area contributed by atoms with Crippen LogP contribution in [0.4, 0.5) is 0 Å². The van der Waals surface area contributed by atoms with E-state index in [1.54, 1.807) is 11.3 Å². The molecule has 14 heavy (non-hydrogen) atoms. The largest absolute Gasteiger partial charge is 0.395 e. The number of aromatic nitrogens is 1. The van der Waals surface area contributed by atoms with Crippen molar-refractivity contribution in [2.45, 2.75) is 4.34 Å². The van der Waals surface area contributed by atoms with E-state index in [1.807, 2.05) is 18.2 Å². The second kappa shape index (κ2) is 4.75. The van der Waals surface area contributed by atoms with Gasteiger partial charge in [0, 0.05) is 6.54 Å². The van der Waals surface area contributed by atoms with Crippen LogP contribution in [0.5, 0.6) is 0 Å². The van der Waals surface area contributed by atoms with E-state index in [0.717, 1.165) is 9.86 Å². The number of benzene rings is 1. The monoisotopic (exact) mass is 226 g/mol. The molecule has 0 bridgehead atoms. The molecule has 3 nitrogen and oxygen atoms in total. The van der Waals surface area contributed by atoms with Crippen molar-refractivity contribution < 1.29 is 5.11 Å². The lowest BCUT2D eigenvalue weighted by Gasteiger charge is -1.95. The van der Waals surface area contributed by atoms with Gasteiger partial charge in [-0.05, 0) is 24.1 Å². The van der Waals surface area contributed by atoms with Gasteiger partial charge in [0.2, 0.25) is 0 Å². The zero-order valence-electron chi connectivity index (χ0n) is 7.43. The van der Waals surface area contributed by atoms with Crippen molar-refractivity contribution in [3.63, 3.8) is 0 Å². The molecule has 0 aliphatic rings. The zero-order valence-corrected chi connectivity index (χ0v) is 9.07. The lowest BCUT2D eigenvalue weighted by atomic mass is 10.3. The molecule has 0 aliphatic carbocycles. The first kappa shape index (κ1) is 9.92. The molecule has 74 valence electrons. The molecule has 2 rings (SSSR count). The van der Waals surface area contributed by atoms with E-state index in [1.165, 1.54) is 16.6 Å². The van der Waals surface area contributed by atoms with Crippen molar-refractivity contribution in [3.8, 4) is 0 Å². The van der Waals surface area contributed by atoms with E-state index in [4.69, 9.17) is 5.11 Å². The van der Waals surface area contributed by atoms with Gasteiger partial charge in [-0.15, -0.1) is 11.3 Å². The van der Waals surface area contributed by atoms with Gasteiger partial charge in [-0.2, -0.15) is 0 Å². The second-order valence-corrected chi connectivity index (χ2v) is 4.84. The van der Waals surface area contributed by atoms with Crippen molar-refractivity contribution in [1.82, 2.24) is 9.71 Å². The van der Waals surface area contributed by atoms with Crippen LogP contribution in [0.15, 0.2) is 28.6 Å². The third-order valence-electron chi connectivity index (χ3n) is 1.65. The van der Waals surface area contributed by atoms with Crippen LogP contribution in [0, 0.1) is 0 Å². The van der Waals surface area contributed by atoms with E-state index >= 15 is 0 Å². The predicted molar refractivity (Wildman–Crippen MR) is 60.6 cm³/mol. The fraction of sp³-hybridized carbons (Fsp3) is 0.222. The van der Waals surface area contributed by atoms with E-state index in [0.29, 0.717) is 6.54 Å². The van der Waals surface area contributed by atoms with Gasteiger partial charge in [0.05, 0.1) is 16.8 Å². The summed E-state index contributed by atoms with van der Waals surface area (Å²) >= 11 is 3.12. The van der Waals surface area contributed by atoms with Crippen LogP contribution < -0.4 is 4.72 Å². The number of hydrogen-bond donors (Lipinski definition) is 2. The highest BCUT2D eigenvalue weighted by Crippen LogP contribution is 2.27. The molecular formula is C9H10N2OS2. The fourth-order valence-corrected chi connectivity index (χ4v) is 2.82. The van der Waals surface area contributed by atoms with Crippen LogP contribution in [0.1, 0.15) is 0 Å². The number of aliphatic hydroxyl groups is 1. The minimum atomic E-state index is 0.151. The summed E-state index contributed by atoms with van der Waals surface area (Å²) in [6.07, 6.45) is 0. The molecule has 0 aliphatic heterocycles. The molecule has 5 heteroatoms. The van der Waals surface area contributed by atoms with Crippen molar-refractivity contribution in [2.24, 2.45) is 0 Å². The van der Waals surface area contributed by atoms with E-state index < -0.39 is 0 Å². The minimum absolute atomic E-state index is 0.151. The molecule has 1 aromatic heterocycles. The Bertz CT molecular complexity index is 383. The topological polar surface area (TPSA) is 45.1 Å². The maximum absolute atomic E-state index is 8.59. The number of para-hydroxylation sites is 1. The molecule has 0 saturated heterocycles. The molecule has 0 amide bonds. The van der Waals surface area contributed by atoms with Crippen molar-refractivity contribution in [1.29, 1.82) is 0 Å². The SMILES string of the molecule is OCCNSc1nc2ccccc2s1. The number of nitrogens with one attached hydrogen (secondary N) is 1. The average Bonchev–Trinajstić information content (AvgIpc) is 2.60. The number of nitrogens with zero attached hydrogens (tertiary/aromatic N) is 1. The Kier molecular flexibility index (Phi) is 3.36. The average molecular weight is 226 g/mol. The molecule has 2 N–H and O–H groups in total. The van der Waals surface area contributed by atoms with Crippen molar-refractivity contribution in [3.05, 3.63) is 24.3 Å². The number of aliphatic hydroxyl groups excluding tert-OH is 1. The number of hydrogen-bond acceptors (Lipinski definition) is 5. The van der Waals surface area contributed by atoms with Crippen LogP contribution in [0.25, 0.3) is 10.2 Å². The van der Waals surface area contributed by atoms with Gasteiger partial charge < -0.3 is 5.11 Å². The summed E-state index contributed by atoms with van der Waals surface area (Å²) in [5.74, 6) is 0. The molecule has 0 fully saturated rings. The summed E-state index contributed by atoms with van der Waals surface area (Å²) in [6, 6.07) is 8.05. The molecule has 1 aromatic carbocycles. The summed E-state index contributed by atoms with van der Waals surface area (Å²) < 4.78 is 5.21. The number of thiazole rings is 1.